The lowest BCUT2D eigenvalue weighted by Crippen LogP contribution is -2.44. The number of aliphatic imine (C=N–C) groups is 2. The van der Waals surface area contributed by atoms with Crippen LogP contribution in [-0.2, 0) is 12.8 Å². The van der Waals surface area contributed by atoms with Crippen LogP contribution >= 0.6 is 0 Å². The minimum absolute atomic E-state index is 0.242. The highest BCUT2D eigenvalue weighted by atomic mass is 15.3. The maximum absolute atomic E-state index is 5.93. The maximum atomic E-state index is 5.93. The lowest BCUT2D eigenvalue weighted by Gasteiger charge is -2.22. The van der Waals surface area contributed by atoms with Gasteiger partial charge in [0, 0.05) is 13.2 Å². The smallest absolute Gasteiger partial charge is 0.236 e. The number of nitrogens with two attached hydrogens (primary N) is 2. The molecule has 5 N–H and O–H groups in total. The molecule has 0 amide bonds. The summed E-state index contributed by atoms with van der Waals surface area (Å²) in [6.07, 6.45) is 4.79. The van der Waals surface area contributed by atoms with Crippen LogP contribution < -0.4 is 16.8 Å². The van der Waals surface area contributed by atoms with Crippen molar-refractivity contribution in [3.05, 3.63) is 18.0 Å². The highest BCUT2D eigenvalue weighted by Crippen LogP contribution is 2.21. The molecule has 0 spiro atoms. The van der Waals surface area contributed by atoms with E-state index in [2.05, 4.69) is 20.4 Å². The number of rotatable bonds is 1. The zero-order valence-corrected chi connectivity index (χ0v) is 7.68. The van der Waals surface area contributed by atoms with Crippen LogP contribution in [-0.4, -0.2) is 22.1 Å². The third-order valence-electron chi connectivity index (χ3n) is 1.89. The Morgan fingerprint density at radius 3 is 2.93 bits per heavy atom. The largest absolute Gasteiger partial charge is 0.370 e. The van der Waals surface area contributed by atoms with E-state index >= 15 is 0 Å². The summed E-state index contributed by atoms with van der Waals surface area (Å²) >= 11 is 0. The number of hydrogen-bond acceptors (Lipinski definition) is 6. The van der Waals surface area contributed by atoms with Crippen LogP contribution in [0, 0.1) is 0 Å². The van der Waals surface area contributed by atoms with E-state index in [1.54, 1.807) is 24.1 Å². The van der Waals surface area contributed by atoms with Crippen molar-refractivity contribution in [1.82, 2.24) is 15.1 Å². The molecule has 0 saturated heterocycles. The standard InChI is InChI=1S/C7H11N7/c1-14-3-5(2-12-14)7(9)11-4-10-6(8)13-7/h2-4H,9H2,1H3,(H3,8,10,11,13). The van der Waals surface area contributed by atoms with Gasteiger partial charge in [-0.05, 0) is 0 Å². The molecule has 0 fully saturated rings. The maximum Gasteiger partial charge on any atom is 0.236 e. The molecule has 2 rings (SSSR count). The van der Waals surface area contributed by atoms with Crippen molar-refractivity contribution in [2.45, 2.75) is 5.79 Å². The average Bonchev–Trinajstić information content (AvgIpc) is 2.52. The Balaban J connectivity index is 2.41. The van der Waals surface area contributed by atoms with Gasteiger partial charge in [0.15, 0.2) is 5.96 Å². The van der Waals surface area contributed by atoms with Crippen LogP contribution in [0.15, 0.2) is 22.4 Å². The van der Waals surface area contributed by atoms with Crippen molar-refractivity contribution in [2.75, 3.05) is 0 Å². The second-order valence-corrected chi connectivity index (χ2v) is 3.03. The number of aromatic nitrogens is 2. The molecule has 7 heteroatoms. The van der Waals surface area contributed by atoms with Gasteiger partial charge in [-0.25, -0.2) is 9.98 Å². The molecule has 1 aliphatic rings. The number of guanidine groups is 1. The van der Waals surface area contributed by atoms with Crippen molar-refractivity contribution in [3.8, 4) is 0 Å². The fourth-order valence-electron chi connectivity index (χ4n) is 1.19. The molecule has 1 unspecified atom stereocenters. The van der Waals surface area contributed by atoms with Crippen molar-refractivity contribution in [2.24, 2.45) is 28.5 Å². The summed E-state index contributed by atoms with van der Waals surface area (Å²) in [5.41, 5.74) is 12.1. The number of nitrogens with zero attached hydrogens (tertiary/aromatic N) is 4. The molecule has 14 heavy (non-hydrogen) atoms. The highest BCUT2D eigenvalue weighted by Gasteiger charge is 2.29. The first-order valence-electron chi connectivity index (χ1n) is 4.04. The Morgan fingerprint density at radius 2 is 2.36 bits per heavy atom. The monoisotopic (exact) mass is 193 g/mol. The van der Waals surface area contributed by atoms with Crippen LogP contribution in [0.3, 0.4) is 0 Å². The van der Waals surface area contributed by atoms with Crippen LogP contribution in [0.2, 0.25) is 0 Å². The molecule has 74 valence electrons. The van der Waals surface area contributed by atoms with Crippen molar-refractivity contribution >= 4 is 12.3 Å². The van der Waals surface area contributed by atoms with E-state index < -0.39 is 5.79 Å². The molecule has 0 aliphatic carbocycles. The van der Waals surface area contributed by atoms with E-state index in [1.807, 2.05) is 0 Å². The van der Waals surface area contributed by atoms with E-state index in [0.29, 0.717) is 5.56 Å². The summed E-state index contributed by atoms with van der Waals surface area (Å²) in [5.74, 6) is -0.907. The topological polar surface area (TPSA) is 107 Å². The van der Waals surface area contributed by atoms with Crippen LogP contribution in [0.1, 0.15) is 5.56 Å². The summed E-state index contributed by atoms with van der Waals surface area (Å²) in [4.78, 5) is 8.02. The summed E-state index contributed by atoms with van der Waals surface area (Å²) < 4.78 is 1.63. The Hall–Kier alpha value is -1.89. The van der Waals surface area contributed by atoms with Gasteiger partial charge in [-0.2, -0.15) is 5.10 Å². The Labute approximate surface area is 80.5 Å². The van der Waals surface area contributed by atoms with Gasteiger partial charge in [-0.15, -0.1) is 0 Å². The normalized spacial score (nSPS) is 25.7. The van der Waals surface area contributed by atoms with Gasteiger partial charge in [0.1, 0.15) is 0 Å². The lowest BCUT2D eigenvalue weighted by atomic mass is 10.2. The summed E-state index contributed by atoms with van der Waals surface area (Å²) in [6.45, 7) is 0. The Kier molecular flexibility index (Phi) is 1.74. The SMILES string of the molecule is Cn1cc(C2(N)N=CNC(N)=N2)cn1. The summed E-state index contributed by atoms with van der Waals surface area (Å²) in [6, 6.07) is 0. The van der Waals surface area contributed by atoms with Crippen molar-refractivity contribution in [1.29, 1.82) is 0 Å². The zero-order chi connectivity index (χ0) is 10.2. The molecule has 0 radical (unpaired) electrons. The predicted molar refractivity (Wildman–Crippen MR) is 52.3 cm³/mol. The molecular formula is C7H11N7. The summed E-state index contributed by atoms with van der Waals surface area (Å²) in [5, 5.41) is 6.64. The molecule has 7 nitrogen and oxygen atoms in total. The fourth-order valence-corrected chi connectivity index (χ4v) is 1.19. The number of hydrogen-bond donors (Lipinski definition) is 3. The van der Waals surface area contributed by atoms with E-state index in [0.717, 1.165) is 0 Å². The van der Waals surface area contributed by atoms with Gasteiger partial charge in [0.05, 0.1) is 18.1 Å². The van der Waals surface area contributed by atoms with E-state index in [1.165, 1.54) is 6.34 Å². The minimum atomic E-state index is -1.15. The quantitative estimate of drug-likeness (QED) is 0.501. The predicted octanol–water partition coefficient (Wildman–Crippen LogP) is -1.56. The van der Waals surface area contributed by atoms with Crippen LogP contribution in [0.25, 0.3) is 0 Å². The third-order valence-corrected chi connectivity index (χ3v) is 1.89. The number of aryl methyl sites for hydroxylation is 1. The molecule has 1 aromatic heterocycles. The average molecular weight is 193 g/mol. The first-order chi connectivity index (χ1) is 6.60. The molecule has 2 heterocycles. The Bertz CT molecular complexity index is 404. The van der Waals surface area contributed by atoms with E-state index in [9.17, 15) is 0 Å². The van der Waals surface area contributed by atoms with Gasteiger partial charge < -0.3 is 11.1 Å². The van der Waals surface area contributed by atoms with Gasteiger partial charge in [0.2, 0.25) is 5.79 Å². The van der Waals surface area contributed by atoms with E-state index in [4.69, 9.17) is 11.5 Å². The molecule has 0 aromatic carbocycles. The first kappa shape index (κ1) is 8.70. The zero-order valence-electron chi connectivity index (χ0n) is 7.68. The fraction of sp³-hybridized carbons (Fsp3) is 0.286. The highest BCUT2D eigenvalue weighted by molar-refractivity contribution is 5.90. The van der Waals surface area contributed by atoms with Gasteiger partial charge in [0.25, 0.3) is 0 Å². The molecule has 0 saturated carbocycles. The summed E-state index contributed by atoms with van der Waals surface area (Å²) in [7, 11) is 1.80. The molecule has 0 bridgehead atoms. The van der Waals surface area contributed by atoms with Crippen LogP contribution in [0.5, 0.6) is 0 Å². The molecule has 1 atom stereocenters. The van der Waals surface area contributed by atoms with Gasteiger partial charge >= 0.3 is 0 Å². The van der Waals surface area contributed by atoms with Crippen LogP contribution in [0.4, 0.5) is 0 Å². The van der Waals surface area contributed by atoms with Gasteiger partial charge in [-0.1, -0.05) is 0 Å². The molecular weight excluding hydrogens is 182 g/mol. The molecule has 1 aliphatic heterocycles. The lowest BCUT2D eigenvalue weighted by molar-refractivity contribution is 0.488. The second-order valence-electron chi connectivity index (χ2n) is 3.03. The third kappa shape index (κ3) is 1.33. The Morgan fingerprint density at radius 1 is 1.57 bits per heavy atom. The molecule has 1 aromatic rings. The minimum Gasteiger partial charge on any atom is -0.370 e. The van der Waals surface area contributed by atoms with E-state index in [-0.39, 0.29) is 5.96 Å². The first-order valence-corrected chi connectivity index (χ1v) is 4.04. The second kappa shape index (κ2) is 2.81. The van der Waals surface area contributed by atoms with Crippen molar-refractivity contribution < 1.29 is 0 Å². The van der Waals surface area contributed by atoms with Crippen molar-refractivity contribution in [3.63, 3.8) is 0 Å². The van der Waals surface area contributed by atoms with Gasteiger partial charge in [-0.3, -0.25) is 10.4 Å². The number of nitrogens with one attached hydrogen (secondary N) is 1.